The first-order chi connectivity index (χ1) is 64.0. The van der Waals surface area contributed by atoms with E-state index in [0.29, 0.717) is 0 Å². The van der Waals surface area contributed by atoms with E-state index in [2.05, 4.69) is 4.91 Å². The molecule has 0 amide bonds. The number of nitrogens with zero attached hydrogens (tertiary/aromatic N) is 3. The van der Waals surface area contributed by atoms with Gasteiger partial charge < -0.3 is 94.7 Å². The Hall–Kier alpha value is -10.6. The Balaban J connectivity index is 0.813. The molecule has 21 atom stereocenters. The standard InChI is InChI=1S/C106H113N3O21/c1-73(110)123-102-94(117-65-80-49-27-10-28-50-80)89(113-61-76-41-19-6-20-42-76)85(70-111-59-74-37-15-4-16-38-74)125-104(102)122-72-87-90(114-62-77-43-21-7-22-44-77)93(116-64-79-47-25-9-26-48-79)101(121-69-84-57-35-14-36-58-84)105(126-87)127-91-86(71-112-60-75-39-17-5-18-40-75)124-103(88(108-109-107)92(91)115-63-78-45-23-8-24-46-78)128-98-96(119-67-82-53-31-12-32-54-82)95(118-66-81-51-29-11-30-52-81)97(99-100(98)130-106(2,3)129-99)120-68-83-55-33-13-34-56-83/h4-58,85-105H,59-72H2,1-3H3. The monoisotopic (exact) mass is 1760 g/mol. The van der Waals surface area contributed by atoms with Crippen LogP contribution in [0.4, 0.5) is 0 Å². The zero-order chi connectivity index (χ0) is 88.9. The van der Waals surface area contributed by atoms with E-state index in [9.17, 15) is 10.3 Å². The molecular formula is C106H113N3O21. The lowest BCUT2D eigenvalue weighted by Crippen LogP contribution is -2.69. The minimum Gasteiger partial charge on any atom is -0.454 e. The summed E-state index contributed by atoms with van der Waals surface area (Å²) in [6.45, 7) is 5.52. The van der Waals surface area contributed by atoms with Crippen LogP contribution in [0.1, 0.15) is 82.0 Å². The van der Waals surface area contributed by atoms with Gasteiger partial charge in [-0.05, 0) is 80.6 Å². The second-order valence-corrected chi connectivity index (χ2v) is 33.4. The number of hydrogen-bond acceptors (Lipinski definition) is 22. The number of rotatable bonds is 44. The molecule has 11 aromatic carbocycles. The van der Waals surface area contributed by atoms with Crippen LogP contribution in [-0.2, 0) is 172 Å². The van der Waals surface area contributed by atoms with Crippen molar-refractivity contribution in [2.45, 2.75) is 228 Å². The predicted molar refractivity (Wildman–Crippen MR) is 481 cm³/mol. The van der Waals surface area contributed by atoms with Gasteiger partial charge in [-0.3, -0.25) is 4.79 Å². The number of fused-ring (bicyclic) bond motifs is 1. The highest BCUT2D eigenvalue weighted by molar-refractivity contribution is 5.66. The average Bonchev–Trinajstić information content (AvgIpc) is 1.55. The third-order valence-corrected chi connectivity index (χ3v) is 23.4. The van der Waals surface area contributed by atoms with Crippen molar-refractivity contribution in [3.8, 4) is 0 Å². The third kappa shape index (κ3) is 25.8. The Morgan fingerprint density at radius 1 is 0.285 bits per heavy atom. The SMILES string of the molecule is CC(=O)OC1C(OCC2OC(OC3C(COCc4ccccc4)OC(OC4C(OCc5ccccc5)C(OCc5ccccc5)C(OCc5ccccc5)C5OC(C)(C)OC45)C(N=[N+]=[N-])C3OCc3ccccc3)C(OCc3ccccc3)C(OCc3ccccc3)C2OCc2ccccc2)OC(COCc2ccccc2)C(OCc2ccccc2)C1OCc1ccccc1. The maximum absolute atomic E-state index is 14.0. The molecule has 1 saturated carbocycles. The van der Waals surface area contributed by atoms with Crippen LogP contribution < -0.4 is 0 Å². The van der Waals surface area contributed by atoms with Gasteiger partial charge in [-0.2, -0.15) is 0 Å². The molecule has 5 fully saturated rings. The van der Waals surface area contributed by atoms with Crippen molar-refractivity contribution in [3.63, 3.8) is 0 Å². The molecule has 21 unspecified atom stereocenters. The summed E-state index contributed by atoms with van der Waals surface area (Å²) in [5.74, 6) is -1.86. The maximum atomic E-state index is 14.0. The number of azide groups is 1. The molecule has 0 radical (unpaired) electrons. The van der Waals surface area contributed by atoms with Crippen LogP contribution in [0.15, 0.2) is 339 Å². The number of benzene rings is 11. The Labute approximate surface area is 759 Å². The summed E-state index contributed by atoms with van der Waals surface area (Å²) in [4.78, 5) is 17.6. The van der Waals surface area contributed by atoms with Crippen LogP contribution in [0.2, 0.25) is 0 Å². The molecule has 130 heavy (non-hydrogen) atoms. The first-order valence-electron chi connectivity index (χ1n) is 44.6. The summed E-state index contributed by atoms with van der Waals surface area (Å²) in [5.41, 5.74) is 20.9. The highest BCUT2D eigenvalue weighted by atomic mass is 16.8. The summed E-state index contributed by atoms with van der Waals surface area (Å²) in [7, 11) is 0. The van der Waals surface area contributed by atoms with Crippen LogP contribution in [0.25, 0.3) is 10.4 Å². The van der Waals surface area contributed by atoms with Crippen LogP contribution in [-0.4, -0.2) is 160 Å². The van der Waals surface area contributed by atoms with Gasteiger partial charge in [-0.1, -0.05) is 339 Å². The van der Waals surface area contributed by atoms with Gasteiger partial charge in [-0.15, -0.1) is 0 Å². The summed E-state index contributed by atoms with van der Waals surface area (Å²) in [6, 6.07) is 106. The van der Waals surface area contributed by atoms with E-state index in [1.165, 1.54) is 6.92 Å². The second kappa shape index (κ2) is 47.5. The van der Waals surface area contributed by atoms with Gasteiger partial charge in [-0.25, -0.2) is 0 Å². The zero-order valence-electron chi connectivity index (χ0n) is 73.2. The Morgan fingerprint density at radius 2 is 0.538 bits per heavy atom. The molecule has 11 aromatic rings. The molecule has 5 aliphatic rings. The lowest BCUT2D eigenvalue weighted by molar-refractivity contribution is -0.377. The predicted octanol–water partition coefficient (Wildman–Crippen LogP) is 17.8. The van der Waals surface area contributed by atoms with Gasteiger partial charge in [0, 0.05) is 11.8 Å². The summed E-state index contributed by atoms with van der Waals surface area (Å²) in [6.07, 6.45) is -22.9. The quantitative estimate of drug-likeness (QED) is 0.0149. The molecule has 0 aromatic heterocycles. The molecule has 0 spiro atoms. The van der Waals surface area contributed by atoms with E-state index < -0.39 is 140 Å². The molecule has 24 heteroatoms. The van der Waals surface area contributed by atoms with E-state index in [1.54, 1.807) is 0 Å². The lowest BCUT2D eigenvalue weighted by Gasteiger charge is -2.51. The molecule has 0 bridgehead atoms. The highest BCUT2D eigenvalue weighted by Gasteiger charge is 2.63. The topological polar surface area (TPSA) is 250 Å². The van der Waals surface area contributed by atoms with E-state index in [-0.39, 0.29) is 92.5 Å². The molecule has 1 aliphatic carbocycles. The summed E-state index contributed by atoms with van der Waals surface area (Å²) >= 11 is 0. The summed E-state index contributed by atoms with van der Waals surface area (Å²) in [5, 5.41) is 4.71. The van der Waals surface area contributed by atoms with Gasteiger partial charge in [0.25, 0.3) is 0 Å². The van der Waals surface area contributed by atoms with Crippen LogP contribution >= 0.6 is 0 Å². The fourth-order valence-corrected chi connectivity index (χ4v) is 17.2. The van der Waals surface area contributed by atoms with Crippen molar-refractivity contribution in [1.29, 1.82) is 0 Å². The van der Waals surface area contributed by atoms with Gasteiger partial charge in [0.05, 0.1) is 92.5 Å². The molecule has 4 saturated heterocycles. The van der Waals surface area contributed by atoms with Crippen molar-refractivity contribution in [1.82, 2.24) is 0 Å². The Morgan fingerprint density at radius 3 is 0.885 bits per heavy atom. The fourth-order valence-electron chi connectivity index (χ4n) is 17.2. The fraction of sp³-hybridized carbons (Fsp3) is 0.368. The van der Waals surface area contributed by atoms with E-state index in [1.807, 2.05) is 347 Å². The first-order valence-corrected chi connectivity index (χ1v) is 44.6. The largest absolute Gasteiger partial charge is 0.454 e. The van der Waals surface area contributed by atoms with Gasteiger partial charge in [0.2, 0.25) is 0 Å². The van der Waals surface area contributed by atoms with Gasteiger partial charge in [0.15, 0.2) is 30.8 Å². The molecule has 678 valence electrons. The van der Waals surface area contributed by atoms with Crippen LogP contribution in [0, 0.1) is 0 Å². The Bertz CT molecular complexity index is 5160. The highest BCUT2D eigenvalue weighted by Crippen LogP contribution is 2.46. The number of ether oxygens (including phenoxy) is 20. The number of esters is 1. The molecule has 16 rings (SSSR count). The van der Waals surface area contributed by atoms with Crippen LogP contribution in [0.5, 0.6) is 0 Å². The van der Waals surface area contributed by atoms with E-state index >= 15 is 0 Å². The average molecular weight is 1770 g/mol. The lowest BCUT2D eigenvalue weighted by atomic mass is 9.83. The van der Waals surface area contributed by atoms with Crippen molar-refractivity contribution in [2.24, 2.45) is 5.11 Å². The molecule has 4 aliphatic heterocycles. The number of hydrogen-bond donors (Lipinski definition) is 0. The van der Waals surface area contributed by atoms with Crippen LogP contribution in [0.3, 0.4) is 0 Å². The smallest absolute Gasteiger partial charge is 0.303 e. The van der Waals surface area contributed by atoms with Crippen molar-refractivity contribution in [3.05, 3.63) is 405 Å². The van der Waals surface area contributed by atoms with E-state index in [4.69, 9.17) is 99.9 Å². The van der Waals surface area contributed by atoms with Gasteiger partial charge in [0.1, 0.15) is 104 Å². The van der Waals surface area contributed by atoms with Crippen molar-refractivity contribution in [2.75, 3.05) is 19.8 Å². The van der Waals surface area contributed by atoms with E-state index in [0.717, 1.165) is 61.2 Å². The zero-order valence-corrected chi connectivity index (χ0v) is 73.2. The minimum absolute atomic E-state index is 0.0158. The molecule has 24 nitrogen and oxygen atoms in total. The number of carbonyl (C=O) groups excluding carboxylic acids is 1. The first kappa shape index (κ1) is 92.7. The molecule has 0 N–H and O–H groups in total. The number of carbonyl (C=O) groups is 1. The summed E-state index contributed by atoms with van der Waals surface area (Å²) < 4.78 is 145. The third-order valence-electron chi connectivity index (χ3n) is 23.4. The normalized spacial score (nSPS) is 27.0. The molecule has 4 heterocycles. The maximum Gasteiger partial charge on any atom is 0.303 e. The van der Waals surface area contributed by atoms with Crippen molar-refractivity contribution < 1.29 is 99.5 Å². The molecular weight excluding hydrogens is 1650 g/mol. The van der Waals surface area contributed by atoms with Gasteiger partial charge >= 0.3 is 5.97 Å². The van der Waals surface area contributed by atoms with Crippen molar-refractivity contribution >= 4 is 5.97 Å². The Kier molecular flexibility index (Phi) is 33.9. The second-order valence-electron chi connectivity index (χ2n) is 33.4. The minimum atomic E-state index is -1.52.